The molecule has 3 nitrogen and oxygen atoms in total. The van der Waals surface area contributed by atoms with Gasteiger partial charge < -0.3 is 9.47 Å². The Bertz CT molecular complexity index is 644. The Morgan fingerprint density at radius 2 is 2.10 bits per heavy atom. The molecule has 0 radical (unpaired) electrons. The number of benzene rings is 1. The van der Waals surface area contributed by atoms with Crippen LogP contribution in [0.1, 0.15) is 12.0 Å². The Kier molecular flexibility index (Phi) is 4.11. The fraction of sp³-hybridized carbons (Fsp3) is 0.235. The maximum atomic E-state index is 6.22. The highest BCUT2D eigenvalue weighted by Gasteiger charge is 2.27. The minimum atomic E-state index is 0.0205. The fourth-order valence-electron chi connectivity index (χ4n) is 2.42. The van der Waals surface area contributed by atoms with Crippen molar-refractivity contribution in [2.45, 2.75) is 19.1 Å². The van der Waals surface area contributed by atoms with Crippen molar-refractivity contribution < 1.29 is 9.47 Å². The highest BCUT2D eigenvalue weighted by Crippen LogP contribution is 2.34. The van der Waals surface area contributed by atoms with Crippen LogP contribution in [0.5, 0.6) is 0 Å². The molecule has 0 N–H and O–H groups in total. The van der Waals surface area contributed by atoms with Crippen LogP contribution in [-0.4, -0.2) is 19.4 Å². The molecule has 1 aromatic rings. The fourth-order valence-corrected chi connectivity index (χ4v) is 2.66. The molecule has 21 heavy (non-hydrogen) atoms. The van der Waals surface area contributed by atoms with E-state index in [2.05, 4.69) is 4.99 Å². The summed E-state index contributed by atoms with van der Waals surface area (Å²) in [5.74, 6) is 1.54. The second-order valence-electron chi connectivity index (χ2n) is 4.90. The van der Waals surface area contributed by atoms with Crippen molar-refractivity contribution in [3.8, 4) is 0 Å². The molecule has 4 heteroatoms. The summed E-state index contributed by atoms with van der Waals surface area (Å²) in [4.78, 5) is 4.45. The van der Waals surface area contributed by atoms with Crippen LogP contribution in [0, 0.1) is 0 Å². The van der Waals surface area contributed by atoms with Crippen molar-refractivity contribution >= 4 is 17.8 Å². The number of fused-ring (bicyclic) bond motifs is 1. The van der Waals surface area contributed by atoms with Crippen LogP contribution < -0.4 is 0 Å². The lowest BCUT2D eigenvalue weighted by Crippen LogP contribution is -2.19. The van der Waals surface area contributed by atoms with Gasteiger partial charge in [-0.1, -0.05) is 41.9 Å². The van der Waals surface area contributed by atoms with Crippen LogP contribution in [0.2, 0.25) is 0 Å². The first-order valence-corrected chi connectivity index (χ1v) is 7.20. The summed E-state index contributed by atoms with van der Waals surface area (Å²) in [5, 5.41) is 0.714. The lowest BCUT2D eigenvalue weighted by atomic mass is 9.95. The topological polar surface area (TPSA) is 30.8 Å². The molecule has 1 aliphatic heterocycles. The highest BCUT2D eigenvalue weighted by molar-refractivity contribution is 6.33. The third-order valence-corrected chi connectivity index (χ3v) is 3.88. The first kappa shape index (κ1) is 14.0. The van der Waals surface area contributed by atoms with Gasteiger partial charge >= 0.3 is 0 Å². The van der Waals surface area contributed by atoms with Crippen molar-refractivity contribution in [3.05, 3.63) is 70.2 Å². The maximum Gasteiger partial charge on any atom is 0.156 e. The van der Waals surface area contributed by atoms with Gasteiger partial charge in [-0.05, 0) is 23.3 Å². The minimum absolute atomic E-state index is 0.0205. The minimum Gasteiger partial charge on any atom is -0.493 e. The third kappa shape index (κ3) is 3.03. The molecule has 0 spiro atoms. The Morgan fingerprint density at radius 3 is 2.86 bits per heavy atom. The van der Waals surface area contributed by atoms with Gasteiger partial charge in [0.05, 0.1) is 13.2 Å². The molecule has 2 aliphatic rings. The van der Waals surface area contributed by atoms with E-state index in [-0.39, 0.29) is 6.04 Å². The number of methoxy groups -OCH3 is 1. The van der Waals surface area contributed by atoms with E-state index in [9.17, 15) is 0 Å². The average Bonchev–Trinajstić information content (AvgIpc) is 2.53. The molecule has 1 heterocycles. The zero-order valence-electron chi connectivity index (χ0n) is 11.8. The van der Waals surface area contributed by atoms with E-state index in [1.807, 2.05) is 36.4 Å². The van der Waals surface area contributed by atoms with E-state index >= 15 is 0 Å². The van der Waals surface area contributed by atoms with Gasteiger partial charge in [0.25, 0.3) is 0 Å². The third-order valence-electron chi connectivity index (χ3n) is 3.54. The van der Waals surface area contributed by atoms with E-state index in [0.29, 0.717) is 18.1 Å². The van der Waals surface area contributed by atoms with Crippen LogP contribution in [0.25, 0.3) is 0 Å². The predicted molar refractivity (Wildman–Crippen MR) is 84.2 cm³/mol. The number of rotatable bonds is 4. The second-order valence-corrected chi connectivity index (χ2v) is 5.31. The second kappa shape index (κ2) is 6.19. The summed E-state index contributed by atoms with van der Waals surface area (Å²) in [7, 11) is 1.64. The zero-order chi connectivity index (χ0) is 14.7. The number of nitrogens with zero attached hydrogens (tertiary/aromatic N) is 1. The molecule has 0 aromatic heterocycles. The number of allylic oxidation sites excluding steroid dienone is 2. The molecule has 0 bridgehead atoms. The van der Waals surface area contributed by atoms with Crippen molar-refractivity contribution in [2.24, 2.45) is 4.99 Å². The molecule has 0 saturated carbocycles. The number of hydrogen-bond acceptors (Lipinski definition) is 3. The van der Waals surface area contributed by atoms with Crippen molar-refractivity contribution in [2.75, 3.05) is 7.11 Å². The number of ether oxygens (including phenoxy) is 2. The first-order chi connectivity index (χ1) is 10.3. The van der Waals surface area contributed by atoms with Crippen molar-refractivity contribution in [1.82, 2.24) is 0 Å². The van der Waals surface area contributed by atoms with E-state index in [0.717, 1.165) is 22.7 Å². The van der Waals surface area contributed by atoms with Crippen LogP contribution >= 0.6 is 11.6 Å². The summed E-state index contributed by atoms with van der Waals surface area (Å²) >= 11 is 6.22. The molecule has 1 atom stereocenters. The Labute approximate surface area is 129 Å². The largest absolute Gasteiger partial charge is 0.493 e. The molecule has 0 fully saturated rings. The number of aliphatic imine (C=N–C) groups is 1. The molecule has 1 aromatic carbocycles. The normalized spacial score (nSPS) is 20.6. The SMILES string of the molecule is COC1=C(OCc2ccccc2)CC2N=CC=C(Cl)C2=C1. The molecular formula is C17H16ClNO2. The van der Waals surface area contributed by atoms with Gasteiger partial charge in [0, 0.05) is 17.7 Å². The molecular weight excluding hydrogens is 286 g/mol. The Morgan fingerprint density at radius 1 is 1.29 bits per heavy atom. The predicted octanol–water partition coefficient (Wildman–Crippen LogP) is 3.97. The van der Waals surface area contributed by atoms with Gasteiger partial charge in [-0.15, -0.1) is 0 Å². The summed E-state index contributed by atoms with van der Waals surface area (Å²) in [6, 6.07) is 10.1. The molecule has 108 valence electrons. The monoisotopic (exact) mass is 301 g/mol. The van der Waals surface area contributed by atoms with Gasteiger partial charge in [-0.2, -0.15) is 0 Å². The van der Waals surface area contributed by atoms with E-state index in [1.54, 1.807) is 19.4 Å². The van der Waals surface area contributed by atoms with E-state index in [4.69, 9.17) is 21.1 Å². The van der Waals surface area contributed by atoms with Crippen LogP contribution in [0.15, 0.2) is 69.6 Å². The molecule has 1 aliphatic carbocycles. The van der Waals surface area contributed by atoms with Gasteiger partial charge in [0.1, 0.15) is 12.4 Å². The van der Waals surface area contributed by atoms with E-state index < -0.39 is 0 Å². The van der Waals surface area contributed by atoms with Crippen molar-refractivity contribution in [1.29, 1.82) is 0 Å². The van der Waals surface area contributed by atoms with Gasteiger partial charge in [0.15, 0.2) is 5.76 Å². The van der Waals surface area contributed by atoms with Crippen LogP contribution in [0.3, 0.4) is 0 Å². The number of halogens is 1. The quantitative estimate of drug-likeness (QED) is 0.842. The summed E-state index contributed by atoms with van der Waals surface area (Å²) < 4.78 is 11.4. The summed E-state index contributed by atoms with van der Waals surface area (Å²) in [6.07, 6.45) is 6.14. The lowest BCUT2D eigenvalue weighted by molar-refractivity contribution is 0.157. The number of dihydropyridines is 1. The smallest absolute Gasteiger partial charge is 0.156 e. The maximum absolute atomic E-state index is 6.22. The molecule has 0 saturated heterocycles. The molecule has 3 rings (SSSR count). The van der Waals surface area contributed by atoms with Crippen molar-refractivity contribution in [3.63, 3.8) is 0 Å². The Balaban J connectivity index is 1.80. The van der Waals surface area contributed by atoms with Gasteiger partial charge in [0.2, 0.25) is 0 Å². The highest BCUT2D eigenvalue weighted by atomic mass is 35.5. The van der Waals surface area contributed by atoms with E-state index in [1.165, 1.54) is 0 Å². The summed E-state index contributed by atoms with van der Waals surface area (Å²) in [6.45, 7) is 0.520. The number of hydrogen-bond donors (Lipinski definition) is 0. The van der Waals surface area contributed by atoms with Crippen LogP contribution in [0.4, 0.5) is 0 Å². The lowest BCUT2D eigenvalue weighted by Gasteiger charge is -2.26. The first-order valence-electron chi connectivity index (χ1n) is 6.82. The van der Waals surface area contributed by atoms with Gasteiger partial charge in [-0.25, -0.2) is 0 Å². The molecule has 0 amide bonds. The van der Waals surface area contributed by atoms with Crippen LogP contribution in [-0.2, 0) is 16.1 Å². The summed E-state index contributed by atoms with van der Waals surface area (Å²) in [5.41, 5.74) is 2.11. The zero-order valence-corrected chi connectivity index (χ0v) is 12.5. The van der Waals surface area contributed by atoms with Gasteiger partial charge in [-0.3, -0.25) is 4.99 Å². The Hall–Kier alpha value is -2.00. The molecule has 1 unspecified atom stereocenters. The average molecular weight is 302 g/mol. The standard InChI is InChI=1S/C17H16ClNO2/c1-20-16-9-13-14(18)7-8-19-15(13)10-17(16)21-11-12-5-3-2-4-6-12/h2-9,15H,10-11H2,1H3.